The first-order valence-corrected chi connectivity index (χ1v) is 7.06. The van der Waals surface area contributed by atoms with Gasteiger partial charge in [-0.1, -0.05) is 23.7 Å². The highest BCUT2D eigenvalue weighted by molar-refractivity contribution is 6.30. The van der Waals surface area contributed by atoms with Crippen molar-refractivity contribution in [3.8, 4) is 0 Å². The van der Waals surface area contributed by atoms with Crippen molar-refractivity contribution in [1.82, 2.24) is 5.32 Å². The molecule has 0 bridgehead atoms. The van der Waals surface area contributed by atoms with Gasteiger partial charge in [-0.2, -0.15) is 0 Å². The standard InChI is InChI=1S/C16H16ClN3O2/c1-10(11-2-6-13(17)7-3-11)19-15(21)12-4-8-14(9-5-12)20-16(18)22/h2-10H,1H3,(H,19,21)(H3,18,20,22). The van der Waals surface area contributed by atoms with E-state index in [1.54, 1.807) is 36.4 Å². The van der Waals surface area contributed by atoms with Crippen molar-refractivity contribution in [3.63, 3.8) is 0 Å². The molecule has 114 valence electrons. The molecule has 3 amide bonds. The minimum atomic E-state index is -0.645. The first-order valence-electron chi connectivity index (χ1n) is 6.68. The van der Waals surface area contributed by atoms with Crippen molar-refractivity contribution in [2.45, 2.75) is 13.0 Å². The van der Waals surface area contributed by atoms with Gasteiger partial charge in [0.15, 0.2) is 0 Å². The number of primary amides is 1. The summed E-state index contributed by atoms with van der Waals surface area (Å²) in [6.45, 7) is 1.89. The third-order valence-corrected chi connectivity index (χ3v) is 3.38. The second kappa shape index (κ2) is 6.95. The molecule has 0 aliphatic heterocycles. The highest BCUT2D eigenvalue weighted by Crippen LogP contribution is 2.17. The molecular weight excluding hydrogens is 302 g/mol. The lowest BCUT2D eigenvalue weighted by molar-refractivity contribution is 0.0940. The van der Waals surface area contributed by atoms with Gasteiger partial charge in [0, 0.05) is 16.3 Å². The van der Waals surface area contributed by atoms with Crippen LogP contribution in [0.25, 0.3) is 0 Å². The average Bonchev–Trinajstić information content (AvgIpc) is 2.48. The summed E-state index contributed by atoms with van der Waals surface area (Å²) in [6.07, 6.45) is 0. The van der Waals surface area contributed by atoms with Gasteiger partial charge >= 0.3 is 6.03 Å². The normalized spacial score (nSPS) is 11.5. The van der Waals surface area contributed by atoms with Crippen LogP contribution in [0.15, 0.2) is 48.5 Å². The Labute approximate surface area is 133 Å². The summed E-state index contributed by atoms with van der Waals surface area (Å²) < 4.78 is 0. The third kappa shape index (κ3) is 4.23. The van der Waals surface area contributed by atoms with Crippen LogP contribution in [0, 0.1) is 0 Å². The van der Waals surface area contributed by atoms with E-state index in [4.69, 9.17) is 17.3 Å². The molecule has 4 N–H and O–H groups in total. The van der Waals surface area contributed by atoms with Crippen molar-refractivity contribution in [3.05, 3.63) is 64.7 Å². The molecule has 0 heterocycles. The van der Waals surface area contributed by atoms with Crippen molar-refractivity contribution >= 4 is 29.2 Å². The fourth-order valence-electron chi connectivity index (χ4n) is 1.96. The maximum Gasteiger partial charge on any atom is 0.316 e. The molecule has 0 saturated carbocycles. The number of hydrogen-bond acceptors (Lipinski definition) is 2. The largest absolute Gasteiger partial charge is 0.351 e. The lowest BCUT2D eigenvalue weighted by Crippen LogP contribution is -2.26. The van der Waals surface area contributed by atoms with Gasteiger partial charge in [0.1, 0.15) is 0 Å². The van der Waals surface area contributed by atoms with E-state index in [2.05, 4.69) is 10.6 Å². The zero-order valence-corrected chi connectivity index (χ0v) is 12.7. The van der Waals surface area contributed by atoms with E-state index >= 15 is 0 Å². The third-order valence-electron chi connectivity index (χ3n) is 3.13. The first kappa shape index (κ1) is 15.9. The summed E-state index contributed by atoms with van der Waals surface area (Å²) in [5, 5.41) is 5.99. The van der Waals surface area contributed by atoms with Crippen LogP contribution in [-0.2, 0) is 0 Å². The monoisotopic (exact) mass is 317 g/mol. The Kier molecular flexibility index (Phi) is 5.01. The summed E-state index contributed by atoms with van der Waals surface area (Å²) >= 11 is 5.84. The number of nitrogens with two attached hydrogens (primary N) is 1. The number of urea groups is 1. The smallest absolute Gasteiger partial charge is 0.316 e. The molecule has 2 aromatic carbocycles. The van der Waals surface area contributed by atoms with E-state index in [-0.39, 0.29) is 11.9 Å². The molecule has 1 unspecified atom stereocenters. The molecule has 2 rings (SSSR count). The van der Waals surface area contributed by atoms with Gasteiger partial charge < -0.3 is 16.4 Å². The van der Waals surface area contributed by atoms with E-state index in [1.807, 2.05) is 19.1 Å². The van der Waals surface area contributed by atoms with Gasteiger partial charge in [-0.15, -0.1) is 0 Å². The topological polar surface area (TPSA) is 84.2 Å². The van der Waals surface area contributed by atoms with Crippen LogP contribution >= 0.6 is 11.6 Å². The zero-order valence-electron chi connectivity index (χ0n) is 12.0. The van der Waals surface area contributed by atoms with Crippen molar-refractivity contribution in [2.75, 3.05) is 5.32 Å². The molecular formula is C16H16ClN3O2. The molecule has 22 heavy (non-hydrogen) atoms. The van der Waals surface area contributed by atoms with Gasteiger partial charge in [-0.25, -0.2) is 4.79 Å². The molecule has 2 aromatic rings. The SMILES string of the molecule is CC(NC(=O)c1ccc(NC(N)=O)cc1)c1ccc(Cl)cc1. The Morgan fingerprint density at radius 1 is 1.05 bits per heavy atom. The first-order chi connectivity index (χ1) is 10.5. The van der Waals surface area contributed by atoms with Crippen LogP contribution in [0.1, 0.15) is 28.9 Å². The summed E-state index contributed by atoms with van der Waals surface area (Å²) in [4.78, 5) is 22.9. The van der Waals surface area contributed by atoms with E-state index in [0.717, 1.165) is 5.56 Å². The summed E-state index contributed by atoms with van der Waals surface area (Å²) in [6, 6.07) is 13.0. The van der Waals surface area contributed by atoms with Gasteiger partial charge in [-0.3, -0.25) is 4.79 Å². The van der Waals surface area contributed by atoms with Gasteiger partial charge in [0.2, 0.25) is 0 Å². The Balaban J connectivity index is 2.02. The lowest BCUT2D eigenvalue weighted by Gasteiger charge is -2.14. The number of hydrogen-bond donors (Lipinski definition) is 3. The van der Waals surface area contributed by atoms with Crippen LogP contribution in [0.5, 0.6) is 0 Å². The number of carbonyl (C=O) groups excluding carboxylic acids is 2. The van der Waals surface area contributed by atoms with Crippen molar-refractivity contribution in [1.29, 1.82) is 0 Å². The molecule has 6 heteroatoms. The molecule has 0 aliphatic carbocycles. The Morgan fingerprint density at radius 3 is 2.18 bits per heavy atom. The highest BCUT2D eigenvalue weighted by Gasteiger charge is 2.11. The molecule has 0 aliphatic rings. The second-order valence-electron chi connectivity index (χ2n) is 4.81. The zero-order chi connectivity index (χ0) is 16.1. The number of amides is 3. The number of anilines is 1. The predicted octanol–water partition coefficient (Wildman–Crippen LogP) is 3.32. The molecule has 0 saturated heterocycles. The average molecular weight is 318 g/mol. The Morgan fingerprint density at radius 2 is 1.64 bits per heavy atom. The molecule has 1 atom stereocenters. The lowest BCUT2D eigenvalue weighted by atomic mass is 10.1. The Hall–Kier alpha value is -2.53. The Bertz CT molecular complexity index is 669. The number of benzene rings is 2. The molecule has 5 nitrogen and oxygen atoms in total. The fourth-order valence-corrected chi connectivity index (χ4v) is 2.09. The van der Waals surface area contributed by atoms with Crippen LogP contribution < -0.4 is 16.4 Å². The quantitative estimate of drug-likeness (QED) is 0.808. The minimum Gasteiger partial charge on any atom is -0.351 e. The van der Waals surface area contributed by atoms with E-state index in [9.17, 15) is 9.59 Å². The summed E-state index contributed by atoms with van der Waals surface area (Å²) in [5.41, 5.74) is 7.02. The van der Waals surface area contributed by atoms with Crippen LogP contribution in [0.4, 0.5) is 10.5 Å². The van der Waals surface area contributed by atoms with Crippen LogP contribution in [0.3, 0.4) is 0 Å². The van der Waals surface area contributed by atoms with Gasteiger partial charge in [0.25, 0.3) is 5.91 Å². The van der Waals surface area contributed by atoms with Gasteiger partial charge in [-0.05, 0) is 48.9 Å². The van der Waals surface area contributed by atoms with E-state index in [0.29, 0.717) is 16.3 Å². The van der Waals surface area contributed by atoms with Crippen LogP contribution in [-0.4, -0.2) is 11.9 Å². The highest BCUT2D eigenvalue weighted by atomic mass is 35.5. The van der Waals surface area contributed by atoms with Crippen LogP contribution in [0.2, 0.25) is 5.02 Å². The van der Waals surface area contributed by atoms with Crippen molar-refractivity contribution in [2.24, 2.45) is 5.73 Å². The number of nitrogens with one attached hydrogen (secondary N) is 2. The molecule has 0 radical (unpaired) electrons. The van der Waals surface area contributed by atoms with Crippen molar-refractivity contribution < 1.29 is 9.59 Å². The predicted molar refractivity (Wildman–Crippen MR) is 87.0 cm³/mol. The maximum atomic E-state index is 12.2. The van der Waals surface area contributed by atoms with E-state index in [1.165, 1.54) is 0 Å². The fraction of sp³-hybridized carbons (Fsp3) is 0.125. The molecule has 0 fully saturated rings. The number of halogens is 1. The van der Waals surface area contributed by atoms with Gasteiger partial charge in [0.05, 0.1) is 6.04 Å². The summed E-state index contributed by atoms with van der Waals surface area (Å²) in [7, 11) is 0. The van der Waals surface area contributed by atoms with E-state index < -0.39 is 6.03 Å². The summed E-state index contributed by atoms with van der Waals surface area (Å²) in [5.74, 6) is -0.201. The maximum absolute atomic E-state index is 12.2. The number of rotatable bonds is 4. The molecule has 0 spiro atoms. The number of carbonyl (C=O) groups is 2. The minimum absolute atomic E-state index is 0.145. The second-order valence-corrected chi connectivity index (χ2v) is 5.25. The molecule has 0 aromatic heterocycles.